The number of rotatable bonds is 6. The van der Waals surface area contributed by atoms with Gasteiger partial charge in [-0.3, -0.25) is 0 Å². The molecule has 7 heteroatoms. The van der Waals surface area contributed by atoms with Gasteiger partial charge in [0.1, 0.15) is 23.8 Å². The van der Waals surface area contributed by atoms with Crippen LogP contribution in [0, 0.1) is 0 Å². The molecule has 1 heterocycles. The van der Waals surface area contributed by atoms with Crippen LogP contribution >= 0.6 is 0 Å². The number of hydrogen-bond acceptors (Lipinski definition) is 4. The van der Waals surface area contributed by atoms with Gasteiger partial charge in [-0.1, -0.05) is 30.3 Å². The third kappa shape index (κ3) is 4.71. The van der Waals surface area contributed by atoms with Crippen molar-refractivity contribution in [1.29, 1.82) is 0 Å². The van der Waals surface area contributed by atoms with E-state index in [1.807, 2.05) is 30.3 Å². The van der Waals surface area contributed by atoms with Crippen molar-refractivity contribution in [2.45, 2.75) is 12.8 Å². The monoisotopic (exact) mass is 425 g/mol. The lowest BCUT2D eigenvalue weighted by Crippen LogP contribution is -2.04. The molecule has 0 radical (unpaired) electrons. The van der Waals surface area contributed by atoms with Gasteiger partial charge in [0.2, 0.25) is 0 Å². The molecule has 0 aliphatic heterocycles. The maximum Gasteiger partial charge on any atom is 0.468 e. The fourth-order valence-electron chi connectivity index (χ4n) is 3.03. The Morgan fingerprint density at radius 1 is 0.806 bits per heavy atom. The summed E-state index contributed by atoms with van der Waals surface area (Å²) in [5.74, 6) is -0.0799. The fraction of sp³-hybridized carbons (Fsp3) is 0.125. The van der Waals surface area contributed by atoms with Crippen molar-refractivity contribution >= 4 is 0 Å². The number of halogens is 3. The van der Waals surface area contributed by atoms with Crippen molar-refractivity contribution in [1.82, 2.24) is 4.98 Å². The van der Waals surface area contributed by atoms with Crippen LogP contribution in [0.3, 0.4) is 0 Å². The van der Waals surface area contributed by atoms with Crippen molar-refractivity contribution in [3.05, 3.63) is 90.3 Å². The number of hydrogen-bond donors (Lipinski definition) is 0. The van der Waals surface area contributed by atoms with Crippen LogP contribution < -0.4 is 9.47 Å². The van der Waals surface area contributed by atoms with E-state index in [-0.39, 0.29) is 11.5 Å². The van der Waals surface area contributed by atoms with E-state index >= 15 is 0 Å². The maximum atomic E-state index is 13.3. The molecule has 0 fully saturated rings. The minimum absolute atomic E-state index is 0.0344. The van der Waals surface area contributed by atoms with Crippen LogP contribution in [0.4, 0.5) is 13.2 Å². The second kappa shape index (κ2) is 8.55. The molecule has 0 unspecified atom stereocenters. The van der Waals surface area contributed by atoms with Gasteiger partial charge in [-0.2, -0.15) is 13.2 Å². The van der Waals surface area contributed by atoms with Crippen molar-refractivity contribution in [2.75, 3.05) is 7.11 Å². The third-order valence-electron chi connectivity index (χ3n) is 4.60. The zero-order valence-electron chi connectivity index (χ0n) is 16.5. The summed E-state index contributed by atoms with van der Waals surface area (Å²) in [5, 5.41) is 0. The normalized spacial score (nSPS) is 11.4. The van der Waals surface area contributed by atoms with Gasteiger partial charge in [-0.05, 0) is 54.1 Å². The smallest absolute Gasteiger partial charge is 0.468 e. The first-order chi connectivity index (χ1) is 14.9. The van der Waals surface area contributed by atoms with Crippen LogP contribution in [0.5, 0.6) is 11.5 Å². The largest absolute Gasteiger partial charge is 0.497 e. The average Bonchev–Trinajstić information content (AvgIpc) is 3.25. The first-order valence-corrected chi connectivity index (χ1v) is 9.43. The quantitative estimate of drug-likeness (QED) is 0.348. The lowest BCUT2D eigenvalue weighted by atomic mass is 10.1. The van der Waals surface area contributed by atoms with Gasteiger partial charge in [-0.25, -0.2) is 4.98 Å². The van der Waals surface area contributed by atoms with Gasteiger partial charge < -0.3 is 13.9 Å². The molecule has 0 bridgehead atoms. The van der Waals surface area contributed by atoms with Crippen molar-refractivity contribution < 1.29 is 27.1 Å². The van der Waals surface area contributed by atoms with E-state index in [1.165, 1.54) is 7.11 Å². The Labute approximate surface area is 176 Å². The molecular formula is C24H18F3NO3. The van der Waals surface area contributed by atoms with Crippen LogP contribution in [-0.4, -0.2) is 12.1 Å². The average molecular weight is 425 g/mol. The van der Waals surface area contributed by atoms with Crippen LogP contribution in [-0.2, 0) is 12.8 Å². The Bertz CT molecular complexity index is 1140. The summed E-state index contributed by atoms with van der Waals surface area (Å²) in [7, 11) is 1.51. The lowest BCUT2D eigenvalue weighted by molar-refractivity contribution is -0.156. The second-order valence-electron chi connectivity index (χ2n) is 6.72. The van der Waals surface area contributed by atoms with E-state index in [1.54, 1.807) is 48.5 Å². The summed E-state index contributed by atoms with van der Waals surface area (Å²) in [5.41, 5.74) is 2.06. The minimum atomic E-state index is -4.70. The standard InChI is InChI=1S/C24H18F3NO3/c1-29-19-11-7-17(8-12-19)21-22(31-23(28-21)24(25,26)27)18-9-13-20(14-10-18)30-15-16-5-3-2-4-6-16/h2-14H,15H2,1H3. The first kappa shape index (κ1) is 20.5. The van der Waals surface area contributed by atoms with Gasteiger partial charge in [-0.15, -0.1) is 0 Å². The molecule has 0 atom stereocenters. The van der Waals surface area contributed by atoms with Gasteiger partial charge in [0.15, 0.2) is 5.76 Å². The maximum absolute atomic E-state index is 13.3. The molecule has 0 saturated carbocycles. The molecule has 0 saturated heterocycles. The highest BCUT2D eigenvalue weighted by Gasteiger charge is 2.39. The molecule has 4 rings (SSSR count). The van der Waals surface area contributed by atoms with E-state index in [9.17, 15) is 13.2 Å². The molecule has 4 aromatic rings. The van der Waals surface area contributed by atoms with E-state index in [0.717, 1.165) is 5.56 Å². The Kier molecular flexibility index (Phi) is 5.66. The molecule has 158 valence electrons. The molecule has 0 aliphatic carbocycles. The van der Waals surface area contributed by atoms with Gasteiger partial charge >= 0.3 is 12.1 Å². The highest BCUT2D eigenvalue weighted by molar-refractivity contribution is 5.77. The van der Waals surface area contributed by atoms with Gasteiger partial charge in [0.25, 0.3) is 0 Å². The predicted octanol–water partition coefficient (Wildman–Crippen LogP) is 6.62. The van der Waals surface area contributed by atoms with Crippen molar-refractivity contribution in [3.8, 4) is 34.1 Å². The first-order valence-electron chi connectivity index (χ1n) is 9.43. The van der Waals surface area contributed by atoms with E-state index < -0.39 is 12.1 Å². The zero-order valence-corrected chi connectivity index (χ0v) is 16.5. The Morgan fingerprint density at radius 2 is 1.42 bits per heavy atom. The number of methoxy groups -OCH3 is 1. The van der Waals surface area contributed by atoms with Crippen LogP contribution in [0.1, 0.15) is 11.5 Å². The van der Waals surface area contributed by atoms with Crippen LogP contribution in [0.15, 0.2) is 83.3 Å². The highest BCUT2D eigenvalue weighted by Crippen LogP contribution is 2.39. The van der Waals surface area contributed by atoms with Gasteiger partial charge in [0.05, 0.1) is 7.11 Å². The van der Waals surface area contributed by atoms with Crippen LogP contribution in [0.25, 0.3) is 22.6 Å². The van der Waals surface area contributed by atoms with Crippen molar-refractivity contribution in [3.63, 3.8) is 0 Å². The van der Waals surface area contributed by atoms with E-state index in [0.29, 0.717) is 29.2 Å². The topological polar surface area (TPSA) is 44.5 Å². The summed E-state index contributed by atoms with van der Waals surface area (Å²) in [4.78, 5) is 3.72. The highest BCUT2D eigenvalue weighted by atomic mass is 19.4. The molecule has 0 N–H and O–H groups in total. The molecule has 0 amide bonds. The molecule has 0 aliphatic rings. The molecule has 3 aromatic carbocycles. The summed E-state index contributed by atoms with van der Waals surface area (Å²) in [6, 6.07) is 22.9. The minimum Gasteiger partial charge on any atom is -0.497 e. The Balaban J connectivity index is 1.63. The number of nitrogens with zero attached hydrogens (tertiary/aromatic N) is 1. The van der Waals surface area contributed by atoms with E-state index in [4.69, 9.17) is 13.9 Å². The second-order valence-corrected chi connectivity index (χ2v) is 6.72. The fourth-order valence-corrected chi connectivity index (χ4v) is 3.03. The summed E-state index contributed by atoms with van der Waals surface area (Å²) >= 11 is 0. The molecule has 0 spiro atoms. The Hall–Kier alpha value is -3.74. The van der Waals surface area contributed by atoms with Gasteiger partial charge in [0, 0.05) is 11.1 Å². The number of aromatic nitrogens is 1. The van der Waals surface area contributed by atoms with E-state index in [2.05, 4.69) is 4.98 Å². The summed E-state index contributed by atoms with van der Waals surface area (Å²) in [6.07, 6.45) is -4.70. The zero-order chi connectivity index (χ0) is 21.8. The number of alkyl halides is 3. The number of ether oxygens (including phenoxy) is 2. The lowest BCUT2D eigenvalue weighted by Gasteiger charge is -2.07. The molecule has 4 nitrogen and oxygen atoms in total. The molecule has 31 heavy (non-hydrogen) atoms. The summed E-state index contributed by atoms with van der Waals surface area (Å²) < 4.78 is 55.8. The Morgan fingerprint density at radius 3 is 2.03 bits per heavy atom. The number of oxazole rings is 1. The van der Waals surface area contributed by atoms with Crippen molar-refractivity contribution in [2.24, 2.45) is 0 Å². The molecule has 1 aromatic heterocycles. The van der Waals surface area contributed by atoms with Crippen LogP contribution in [0.2, 0.25) is 0 Å². The summed E-state index contributed by atoms with van der Waals surface area (Å²) in [6.45, 7) is 0.387. The third-order valence-corrected chi connectivity index (χ3v) is 4.60. The molecular weight excluding hydrogens is 407 g/mol. The predicted molar refractivity (Wildman–Crippen MR) is 110 cm³/mol. The number of benzene rings is 3. The SMILES string of the molecule is COc1ccc(-c2nc(C(F)(F)F)oc2-c2ccc(OCc3ccccc3)cc2)cc1.